The fourth-order valence-electron chi connectivity index (χ4n) is 3.19. The summed E-state index contributed by atoms with van der Waals surface area (Å²) in [5, 5.41) is 4.41. The third kappa shape index (κ3) is 3.62. The van der Waals surface area contributed by atoms with Gasteiger partial charge in [0.15, 0.2) is 11.5 Å². The van der Waals surface area contributed by atoms with Crippen molar-refractivity contribution >= 4 is 11.6 Å². The maximum Gasteiger partial charge on any atom is 0.161 e. The number of methoxy groups -OCH3 is 2. The summed E-state index contributed by atoms with van der Waals surface area (Å²) >= 11 is 5.95. The number of ether oxygens (including phenoxy) is 2. The summed E-state index contributed by atoms with van der Waals surface area (Å²) in [6.07, 6.45) is 3.08. The molecule has 3 nitrogen and oxygen atoms in total. The van der Waals surface area contributed by atoms with Gasteiger partial charge in [-0.15, -0.1) is 0 Å². The van der Waals surface area contributed by atoms with Crippen molar-refractivity contribution in [2.45, 2.75) is 25.3 Å². The summed E-state index contributed by atoms with van der Waals surface area (Å²) < 4.78 is 10.9. The third-order valence-electron chi connectivity index (χ3n) is 4.44. The van der Waals surface area contributed by atoms with Gasteiger partial charge in [0.2, 0.25) is 0 Å². The maximum absolute atomic E-state index is 5.95. The smallest absolute Gasteiger partial charge is 0.161 e. The molecule has 0 saturated carbocycles. The molecule has 1 heterocycles. The van der Waals surface area contributed by atoms with E-state index in [2.05, 4.69) is 29.6 Å². The molecule has 4 heteroatoms. The van der Waals surface area contributed by atoms with E-state index in [-0.39, 0.29) is 0 Å². The van der Waals surface area contributed by atoms with Crippen LogP contribution in [0.15, 0.2) is 36.4 Å². The second kappa shape index (κ2) is 7.24. The fraction of sp³-hybridized carbons (Fsp3) is 0.368. The molecule has 23 heavy (non-hydrogen) atoms. The van der Waals surface area contributed by atoms with Crippen molar-refractivity contribution in [1.29, 1.82) is 0 Å². The standard InChI is InChI=1S/C19H22ClNO2/c1-22-18-11-14-9-10-21-17(16(14)12-19(18)23-2)8-5-13-3-6-15(20)7-4-13/h3-4,6-7,11-12,17,21H,5,8-10H2,1-2H3. The number of benzene rings is 2. The van der Waals surface area contributed by atoms with E-state index in [1.165, 1.54) is 16.7 Å². The summed E-state index contributed by atoms with van der Waals surface area (Å²) in [5.74, 6) is 1.61. The largest absolute Gasteiger partial charge is 0.493 e. The number of nitrogens with one attached hydrogen (secondary N) is 1. The van der Waals surface area contributed by atoms with Crippen LogP contribution in [0, 0.1) is 0 Å². The Labute approximate surface area is 142 Å². The summed E-state index contributed by atoms with van der Waals surface area (Å²) in [4.78, 5) is 0. The Balaban J connectivity index is 1.79. The Morgan fingerprint density at radius 2 is 1.78 bits per heavy atom. The normalized spacial score (nSPS) is 16.7. The first kappa shape index (κ1) is 16.2. The molecule has 1 aliphatic heterocycles. The molecule has 1 aliphatic rings. The van der Waals surface area contributed by atoms with E-state index < -0.39 is 0 Å². The minimum absolute atomic E-state index is 0.342. The van der Waals surface area contributed by atoms with E-state index in [4.69, 9.17) is 21.1 Å². The maximum atomic E-state index is 5.95. The molecular formula is C19H22ClNO2. The van der Waals surface area contributed by atoms with E-state index in [0.29, 0.717) is 6.04 Å². The second-order valence-electron chi connectivity index (χ2n) is 5.83. The second-order valence-corrected chi connectivity index (χ2v) is 6.26. The quantitative estimate of drug-likeness (QED) is 0.891. The molecular weight excluding hydrogens is 310 g/mol. The van der Waals surface area contributed by atoms with E-state index in [1.54, 1.807) is 14.2 Å². The van der Waals surface area contributed by atoms with Gasteiger partial charge in [0.25, 0.3) is 0 Å². The Morgan fingerprint density at radius 1 is 1.09 bits per heavy atom. The molecule has 0 aliphatic carbocycles. The van der Waals surface area contributed by atoms with Gasteiger partial charge in [-0.25, -0.2) is 0 Å². The molecule has 1 atom stereocenters. The van der Waals surface area contributed by atoms with Gasteiger partial charge < -0.3 is 14.8 Å². The third-order valence-corrected chi connectivity index (χ3v) is 4.69. The van der Waals surface area contributed by atoms with E-state index in [9.17, 15) is 0 Å². The number of hydrogen-bond donors (Lipinski definition) is 1. The van der Waals surface area contributed by atoms with Crippen LogP contribution in [-0.4, -0.2) is 20.8 Å². The lowest BCUT2D eigenvalue weighted by Crippen LogP contribution is -2.30. The summed E-state index contributed by atoms with van der Waals surface area (Å²) in [6.45, 7) is 0.994. The van der Waals surface area contributed by atoms with Crippen molar-refractivity contribution in [3.8, 4) is 11.5 Å². The fourth-order valence-corrected chi connectivity index (χ4v) is 3.31. The van der Waals surface area contributed by atoms with Crippen LogP contribution >= 0.6 is 11.6 Å². The van der Waals surface area contributed by atoms with Crippen molar-refractivity contribution in [3.63, 3.8) is 0 Å². The molecule has 2 aromatic carbocycles. The first-order chi connectivity index (χ1) is 11.2. The first-order valence-corrected chi connectivity index (χ1v) is 8.31. The van der Waals surface area contributed by atoms with E-state index in [0.717, 1.165) is 42.3 Å². The van der Waals surface area contributed by atoms with Gasteiger partial charge in [0.05, 0.1) is 14.2 Å². The highest BCUT2D eigenvalue weighted by molar-refractivity contribution is 6.30. The molecule has 0 radical (unpaired) electrons. The van der Waals surface area contributed by atoms with Crippen LogP contribution in [0.1, 0.15) is 29.2 Å². The van der Waals surface area contributed by atoms with Gasteiger partial charge in [0.1, 0.15) is 0 Å². The van der Waals surface area contributed by atoms with E-state index in [1.807, 2.05) is 12.1 Å². The van der Waals surface area contributed by atoms with Crippen LogP contribution in [0.4, 0.5) is 0 Å². The number of aryl methyl sites for hydroxylation is 1. The van der Waals surface area contributed by atoms with Crippen LogP contribution in [0.25, 0.3) is 0 Å². The number of hydrogen-bond acceptors (Lipinski definition) is 3. The zero-order chi connectivity index (χ0) is 16.2. The van der Waals surface area contributed by atoms with Gasteiger partial charge in [0, 0.05) is 11.1 Å². The van der Waals surface area contributed by atoms with Crippen molar-refractivity contribution in [1.82, 2.24) is 5.32 Å². The Kier molecular flexibility index (Phi) is 5.09. The lowest BCUT2D eigenvalue weighted by molar-refractivity contribution is 0.351. The van der Waals surface area contributed by atoms with Gasteiger partial charge in [-0.05, 0) is 66.8 Å². The molecule has 2 aromatic rings. The lowest BCUT2D eigenvalue weighted by Gasteiger charge is -2.28. The monoisotopic (exact) mass is 331 g/mol. The SMILES string of the molecule is COc1cc2c(cc1OC)C(CCc1ccc(Cl)cc1)NCC2. The average molecular weight is 332 g/mol. The average Bonchev–Trinajstić information content (AvgIpc) is 2.60. The molecule has 1 N–H and O–H groups in total. The van der Waals surface area contributed by atoms with Crippen molar-refractivity contribution in [2.75, 3.05) is 20.8 Å². The van der Waals surface area contributed by atoms with Crippen LogP contribution in [-0.2, 0) is 12.8 Å². The zero-order valence-electron chi connectivity index (χ0n) is 13.6. The number of fused-ring (bicyclic) bond motifs is 1. The summed E-state index contributed by atoms with van der Waals surface area (Å²) in [6, 6.07) is 12.7. The summed E-state index contributed by atoms with van der Waals surface area (Å²) in [7, 11) is 3.37. The minimum Gasteiger partial charge on any atom is -0.493 e. The molecule has 1 unspecified atom stereocenters. The van der Waals surface area contributed by atoms with Crippen molar-refractivity contribution < 1.29 is 9.47 Å². The highest BCUT2D eigenvalue weighted by Gasteiger charge is 2.22. The molecule has 0 saturated heterocycles. The van der Waals surface area contributed by atoms with Crippen molar-refractivity contribution in [2.24, 2.45) is 0 Å². The summed E-state index contributed by atoms with van der Waals surface area (Å²) in [5.41, 5.74) is 3.98. The molecule has 3 rings (SSSR count). The number of rotatable bonds is 5. The molecule has 0 amide bonds. The number of halogens is 1. The highest BCUT2D eigenvalue weighted by atomic mass is 35.5. The van der Waals surface area contributed by atoms with Gasteiger partial charge >= 0.3 is 0 Å². The topological polar surface area (TPSA) is 30.5 Å². The van der Waals surface area contributed by atoms with Crippen LogP contribution < -0.4 is 14.8 Å². The Hall–Kier alpha value is -1.71. The predicted octanol–water partition coefficient (Wildman–Crippen LogP) is 4.18. The van der Waals surface area contributed by atoms with Gasteiger partial charge in [-0.2, -0.15) is 0 Å². The van der Waals surface area contributed by atoms with Gasteiger partial charge in [-0.1, -0.05) is 23.7 Å². The van der Waals surface area contributed by atoms with Crippen LogP contribution in [0.2, 0.25) is 5.02 Å². The van der Waals surface area contributed by atoms with E-state index >= 15 is 0 Å². The Morgan fingerprint density at radius 3 is 2.48 bits per heavy atom. The van der Waals surface area contributed by atoms with Gasteiger partial charge in [-0.3, -0.25) is 0 Å². The zero-order valence-corrected chi connectivity index (χ0v) is 14.3. The molecule has 0 aromatic heterocycles. The van der Waals surface area contributed by atoms with Crippen LogP contribution in [0.5, 0.6) is 11.5 Å². The molecule has 0 bridgehead atoms. The predicted molar refractivity (Wildman–Crippen MR) is 93.8 cm³/mol. The molecule has 0 spiro atoms. The van der Waals surface area contributed by atoms with Crippen molar-refractivity contribution in [3.05, 3.63) is 58.1 Å². The molecule has 0 fully saturated rings. The lowest BCUT2D eigenvalue weighted by atomic mass is 9.90. The Bertz CT molecular complexity index is 670. The van der Waals surface area contributed by atoms with Crippen LogP contribution in [0.3, 0.4) is 0 Å². The first-order valence-electron chi connectivity index (χ1n) is 7.94. The minimum atomic E-state index is 0.342. The molecule has 122 valence electrons. The highest BCUT2D eigenvalue weighted by Crippen LogP contribution is 2.36.